The van der Waals surface area contributed by atoms with E-state index in [2.05, 4.69) is 10.4 Å². The van der Waals surface area contributed by atoms with Gasteiger partial charge in [-0.25, -0.2) is 4.79 Å². The summed E-state index contributed by atoms with van der Waals surface area (Å²) in [4.78, 5) is 26.2. The number of thiophene rings is 1. The first-order valence-corrected chi connectivity index (χ1v) is 8.40. The molecule has 0 radical (unpaired) electrons. The SMILES string of the molecule is COc1ccccc1CN(C)C(=O)Cn1nnn(-c2cccs2)c1=O. The van der Waals surface area contributed by atoms with E-state index in [-0.39, 0.29) is 12.5 Å². The van der Waals surface area contributed by atoms with Crippen molar-refractivity contribution in [1.82, 2.24) is 24.7 Å². The summed E-state index contributed by atoms with van der Waals surface area (Å²) in [5.74, 6) is 0.467. The van der Waals surface area contributed by atoms with Crippen molar-refractivity contribution in [3.05, 3.63) is 57.8 Å². The Morgan fingerprint density at radius 1 is 1.24 bits per heavy atom. The first kappa shape index (κ1) is 16.9. The van der Waals surface area contributed by atoms with Gasteiger partial charge in [0, 0.05) is 19.2 Å². The molecule has 2 heterocycles. The van der Waals surface area contributed by atoms with Gasteiger partial charge in [0.05, 0.1) is 7.11 Å². The van der Waals surface area contributed by atoms with Crippen molar-refractivity contribution in [2.75, 3.05) is 14.2 Å². The monoisotopic (exact) mass is 359 g/mol. The Hall–Kier alpha value is -2.94. The molecule has 0 saturated heterocycles. The molecule has 0 spiro atoms. The highest BCUT2D eigenvalue weighted by atomic mass is 32.1. The molecule has 1 amide bonds. The number of methoxy groups -OCH3 is 1. The van der Waals surface area contributed by atoms with Crippen LogP contribution < -0.4 is 10.4 Å². The number of para-hydroxylation sites is 1. The van der Waals surface area contributed by atoms with E-state index in [1.807, 2.05) is 35.7 Å². The topological polar surface area (TPSA) is 82.2 Å². The van der Waals surface area contributed by atoms with Gasteiger partial charge in [-0.2, -0.15) is 9.36 Å². The molecule has 3 aromatic rings. The summed E-state index contributed by atoms with van der Waals surface area (Å²) in [6.45, 7) is 0.201. The zero-order valence-electron chi connectivity index (χ0n) is 13.8. The molecular weight excluding hydrogens is 342 g/mol. The molecule has 1 aromatic carbocycles. The summed E-state index contributed by atoms with van der Waals surface area (Å²) in [5, 5.41) is 10.1. The largest absolute Gasteiger partial charge is 0.496 e. The van der Waals surface area contributed by atoms with Crippen molar-refractivity contribution in [2.24, 2.45) is 0 Å². The highest BCUT2D eigenvalue weighted by molar-refractivity contribution is 7.12. The van der Waals surface area contributed by atoms with Crippen LogP contribution in [0, 0.1) is 0 Å². The fraction of sp³-hybridized carbons (Fsp3) is 0.250. The number of tetrazole rings is 1. The summed E-state index contributed by atoms with van der Waals surface area (Å²) in [5.41, 5.74) is 0.442. The zero-order valence-corrected chi connectivity index (χ0v) is 14.6. The molecule has 8 nitrogen and oxygen atoms in total. The van der Waals surface area contributed by atoms with E-state index in [4.69, 9.17) is 4.74 Å². The maximum absolute atomic E-state index is 12.4. The normalized spacial score (nSPS) is 10.6. The number of nitrogens with zero attached hydrogens (tertiary/aromatic N) is 5. The molecule has 0 saturated carbocycles. The molecular formula is C16H17N5O3S. The van der Waals surface area contributed by atoms with Gasteiger partial charge in [0.2, 0.25) is 5.91 Å². The van der Waals surface area contributed by atoms with Crippen LogP contribution in [0.5, 0.6) is 5.75 Å². The number of carbonyl (C=O) groups is 1. The van der Waals surface area contributed by atoms with Crippen molar-refractivity contribution in [1.29, 1.82) is 0 Å². The Morgan fingerprint density at radius 2 is 2.04 bits per heavy atom. The standard InChI is InChI=1S/C16H17N5O3S/c1-19(10-12-6-3-4-7-13(12)24-2)14(22)11-20-16(23)21(18-17-20)15-8-5-9-25-15/h3-9H,10-11H2,1-2H3. The van der Waals surface area contributed by atoms with E-state index in [1.165, 1.54) is 20.9 Å². The van der Waals surface area contributed by atoms with Crippen molar-refractivity contribution < 1.29 is 9.53 Å². The number of likely N-dealkylation sites (N-methyl/N-ethyl adjacent to an activating group) is 1. The number of hydrogen-bond donors (Lipinski definition) is 0. The summed E-state index contributed by atoms with van der Waals surface area (Å²) >= 11 is 1.37. The third kappa shape index (κ3) is 3.61. The van der Waals surface area contributed by atoms with Crippen LogP contribution in [0.1, 0.15) is 5.56 Å². The third-order valence-electron chi connectivity index (χ3n) is 3.67. The van der Waals surface area contributed by atoms with Gasteiger partial charge in [-0.05, 0) is 34.0 Å². The predicted octanol–water partition coefficient (Wildman–Crippen LogP) is 1.16. The average Bonchev–Trinajstić information content (AvgIpc) is 3.26. The minimum Gasteiger partial charge on any atom is -0.496 e. The summed E-state index contributed by atoms with van der Waals surface area (Å²) in [6.07, 6.45) is 0. The highest BCUT2D eigenvalue weighted by Gasteiger charge is 2.16. The van der Waals surface area contributed by atoms with Crippen LogP contribution in [0.4, 0.5) is 0 Å². The van der Waals surface area contributed by atoms with Crippen LogP contribution in [0.25, 0.3) is 5.00 Å². The van der Waals surface area contributed by atoms with Crippen LogP contribution >= 0.6 is 11.3 Å². The van der Waals surface area contributed by atoms with E-state index in [0.29, 0.717) is 17.3 Å². The fourth-order valence-electron chi connectivity index (χ4n) is 2.33. The number of aromatic nitrogens is 4. The number of carbonyl (C=O) groups excluding carboxylic acids is 1. The highest BCUT2D eigenvalue weighted by Crippen LogP contribution is 2.18. The van der Waals surface area contributed by atoms with Gasteiger partial charge in [0.25, 0.3) is 0 Å². The predicted molar refractivity (Wildman–Crippen MR) is 93.0 cm³/mol. The number of benzene rings is 1. The van der Waals surface area contributed by atoms with Crippen molar-refractivity contribution in [3.8, 4) is 10.8 Å². The van der Waals surface area contributed by atoms with Crippen LogP contribution in [0.15, 0.2) is 46.6 Å². The van der Waals surface area contributed by atoms with Gasteiger partial charge >= 0.3 is 5.69 Å². The third-order valence-corrected chi connectivity index (χ3v) is 4.51. The minimum absolute atomic E-state index is 0.171. The van der Waals surface area contributed by atoms with Crippen molar-refractivity contribution in [3.63, 3.8) is 0 Å². The van der Waals surface area contributed by atoms with Crippen molar-refractivity contribution in [2.45, 2.75) is 13.1 Å². The molecule has 0 N–H and O–H groups in total. The van der Waals surface area contributed by atoms with Crippen LogP contribution in [-0.4, -0.2) is 44.8 Å². The second-order valence-corrected chi connectivity index (χ2v) is 6.27. The Labute approximate surface area is 147 Å². The minimum atomic E-state index is -0.443. The number of amides is 1. The quantitative estimate of drug-likeness (QED) is 0.660. The summed E-state index contributed by atoms with van der Waals surface area (Å²) in [7, 11) is 3.26. The fourth-order valence-corrected chi connectivity index (χ4v) is 3.00. The van der Waals surface area contributed by atoms with Gasteiger partial charge in [0.15, 0.2) is 0 Å². The molecule has 0 aliphatic heterocycles. The molecule has 0 atom stereocenters. The molecule has 0 aliphatic carbocycles. The molecule has 130 valence electrons. The second kappa shape index (κ2) is 7.31. The maximum atomic E-state index is 12.4. The molecule has 0 fully saturated rings. The lowest BCUT2D eigenvalue weighted by atomic mass is 10.2. The van der Waals surface area contributed by atoms with Gasteiger partial charge in [0.1, 0.15) is 17.3 Å². The van der Waals surface area contributed by atoms with E-state index >= 15 is 0 Å². The lowest BCUT2D eigenvalue weighted by molar-refractivity contribution is -0.131. The smallest absolute Gasteiger partial charge is 0.369 e. The molecule has 2 aromatic heterocycles. The van der Waals surface area contributed by atoms with E-state index in [0.717, 1.165) is 10.2 Å². The van der Waals surface area contributed by atoms with Crippen molar-refractivity contribution >= 4 is 17.2 Å². The maximum Gasteiger partial charge on any atom is 0.369 e. The van der Waals surface area contributed by atoms with Gasteiger partial charge in [-0.15, -0.1) is 11.3 Å². The number of rotatable bonds is 6. The van der Waals surface area contributed by atoms with E-state index in [1.54, 1.807) is 20.2 Å². The van der Waals surface area contributed by atoms with E-state index in [9.17, 15) is 9.59 Å². The molecule has 3 rings (SSSR count). The number of ether oxygens (including phenoxy) is 1. The Bertz CT molecular complexity index is 916. The molecule has 0 aliphatic rings. The summed E-state index contributed by atoms with van der Waals surface area (Å²) < 4.78 is 7.53. The molecule has 25 heavy (non-hydrogen) atoms. The van der Waals surface area contributed by atoms with Gasteiger partial charge in [-0.1, -0.05) is 18.2 Å². The average molecular weight is 359 g/mol. The Morgan fingerprint density at radius 3 is 2.76 bits per heavy atom. The van der Waals surface area contributed by atoms with Gasteiger partial charge < -0.3 is 9.64 Å². The zero-order chi connectivity index (χ0) is 17.8. The van der Waals surface area contributed by atoms with Crippen LogP contribution in [0.3, 0.4) is 0 Å². The molecule has 9 heteroatoms. The second-order valence-electron chi connectivity index (χ2n) is 5.34. The Kier molecular flexibility index (Phi) is 4.94. The lowest BCUT2D eigenvalue weighted by Crippen LogP contribution is -2.34. The molecule has 0 unspecified atom stereocenters. The van der Waals surface area contributed by atoms with Crippen LogP contribution in [0.2, 0.25) is 0 Å². The molecule has 0 bridgehead atoms. The van der Waals surface area contributed by atoms with Gasteiger partial charge in [-0.3, -0.25) is 4.79 Å². The van der Waals surface area contributed by atoms with Crippen LogP contribution in [-0.2, 0) is 17.9 Å². The summed E-state index contributed by atoms with van der Waals surface area (Å²) in [6, 6.07) is 11.1. The Balaban J connectivity index is 1.71. The van der Waals surface area contributed by atoms with E-state index < -0.39 is 5.69 Å². The first-order valence-electron chi connectivity index (χ1n) is 7.52. The lowest BCUT2D eigenvalue weighted by Gasteiger charge is -2.18. The first-order chi connectivity index (χ1) is 12.1. The number of hydrogen-bond acceptors (Lipinski definition) is 6.